The van der Waals surface area contributed by atoms with Gasteiger partial charge in [-0.05, 0) is 48.1 Å². The number of para-hydroxylation sites is 1. The number of phenols is 1. The number of amides is 3. The quantitative estimate of drug-likeness (QED) is 0.125. The topological polar surface area (TPSA) is 224 Å². The Kier molecular flexibility index (Phi) is 11.2. The molecule has 0 bridgehead atoms. The lowest BCUT2D eigenvalue weighted by molar-refractivity contribution is -0.143. The Labute approximate surface area is 247 Å². The first-order chi connectivity index (χ1) is 20.3. The van der Waals surface area contributed by atoms with E-state index in [1.54, 1.807) is 32.2 Å². The predicted molar refractivity (Wildman–Crippen MR) is 157 cm³/mol. The van der Waals surface area contributed by atoms with Gasteiger partial charge >= 0.3 is 11.9 Å². The molecular formula is C30H37N5O8. The van der Waals surface area contributed by atoms with Gasteiger partial charge in [0.15, 0.2) is 0 Å². The van der Waals surface area contributed by atoms with Crippen LogP contribution < -0.4 is 21.7 Å². The van der Waals surface area contributed by atoms with E-state index < -0.39 is 66.2 Å². The number of carboxylic acids is 2. The van der Waals surface area contributed by atoms with Crippen LogP contribution >= 0.6 is 0 Å². The highest BCUT2D eigenvalue weighted by molar-refractivity contribution is 5.95. The number of nitrogens with two attached hydrogens (primary N) is 1. The van der Waals surface area contributed by atoms with Crippen LogP contribution in [-0.2, 0) is 36.8 Å². The van der Waals surface area contributed by atoms with E-state index in [0.717, 1.165) is 10.9 Å². The summed E-state index contributed by atoms with van der Waals surface area (Å²) in [5.74, 6) is -5.08. The molecule has 13 heteroatoms. The van der Waals surface area contributed by atoms with Crippen LogP contribution in [0.25, 0.3) is 10.9 Å². The number of aromatic nitrogens is 1. The molecule has 0 aliphatic rings. The number of nitrogens with one attached hydrogen (secondary N) is 4. The highest BCUT2D eigenvalue weighted by Crippen LogP contribution is 2.20. The van der Waals surface area contributed by atoms with Gasteiger partial charge in [-0.3, -0.25) is 19.2 Å². The maximum absolute atomic E-state index is 13.5. The monoisotopic (exact) mass is 595 g/mol. The molecule has 4 unspecified atom stereocenters. The number of carbonyl (C=O) groups excluding carboxylic acids is 3. The van der Waals surface area contributed by atoms with Crippen molar-refractivity contribution in [1.29, 1.82) is 0 Å². The number of phenolic OH excluding ortho intramolecular Hbond substituents is 1. The zero-order chi connectivity index (χ0) is 31.7. The normalized spacial score (nSPS) is 14.0. The summed E-state index contributed by atoms with van der Waals surface area (Å²) in [6, 6.07) is 8.66. The number of carboxylic acid groups (broad SMARTS) is 2. The molecule has 9 N–H and O–H groups in total. The Balaban J connectivity index is 1.79. The molecule has 0 aliphatic carbocycles. The molecule has 3 amide bonds. The third-order valence-electron chi connectivity index (χ3n) is 6.97. The lowest BCUT2D eigenvalue weighted by Gasteiger charge is -2.27. The molecule has 3 rings (SSSR count). The van der Waals surface area contributed by atoms with Gasteiger partial charge in [-0.2, -0.15) is 0 Å². The van der Waals surface area contributed by atoms with E-state index in [4.69, 9.17) is 10.8 Å². The average Bonchev–Trinajstić information content (AvgIpc) is 3.36. The fourth-order valence-corrected chi connectivity index (χ4v) is 4.56. The molecule has 1 aromatic heterocycles. The number of hydrogen-bond acceptors (Lipinski definition) is 7. The summed E-state index contributed by atoms with van der Waals surface area (Å²) < 4.78 is 0. The molecule has 3 aromatic rings. The Morgan fingerprint density at radius 1 is 0.837 bits per heavy atom. The van der Waals surface area contributed by atoms with E-state index in [9.17, 15) is 34.2 Å². The van der Waals surface area contributed by atoms with Gasteiger partial charge in [0.1, 0.15) is 23.9 Å². The molecule has 4 atom stereocenters. The molecule has 13 nitrogen and oxygen atoms in total. The Morgan fingerprint density at radius 2 is 1.49 bits per heavy atom. The number of hydrogen-bond donors (Lipinski definition) is 8. The number of H-pyrrole nitrogens is 1. The van der Waals surface area contributed by atoms with Gasteiger partial charge in [-0.1, -0.05) is 44.2 Å². The van der Waals surface area contributed by atoms with E-state index in [2.05, 4.69) is 20.9 Å². The van der Waals surface area contributed by atoms with Crippen LogP contribution in [0.4, 0.5) is 0 Å². The summed E-state index contributed by atoms with van der Waals surface area (Å²) in [5.41, 5.74) is 8.27. The standard InChI is InChI=1S/C30H37N5O8/c1-16(2)26(35-27(39)21(31)13-17-7-9-19(36)10-8-17)29(41)34-24(14-18-15-32-22-6-4-3-5-20(18)22)28(40)33-23(30(42)43)11-12-25(37)38/h3-10,15-16,21,23-24,26,32,36H,11-14,31H2,1-2H3,(H,33,40)(H,34,41)(H,35,39)(H,37,38)(H,42,43). The van der Waals surface area contributed by atoms with Crippen molar-refractivity contribution in [2.24, 2.45) is 11.7 Å². The predicted octanol–water partition coefficient (Wildman–Crippen LogP) is 1.05. The number of aromatic hydroxyl groups is 1. The number of rotatable bonds is 15. The second-order valence-corrected chi connectivity index (χ2v) is 10.7. The van der Waals surface area contributed by atoms with E-state index in [0.29, 0.717) is 11.1 Å². The Bertz CT molecular complexity index is 1450. The van der Waals surface area contributed by atoms with E-state index in [1.807, 2.05) is 24.3 Å². The van der Waals surface area contributed by atoms with Gasteiger partial charge in [-0.25, -0.2) is 4.79 Å². The minimum atomic E-state index is -1.50. The van der Waals surface area contributed by atoms with Crippen LogP contribution in [-0.4, -0.2) is 74.1 Å². The lowest BCUT2D eigenvalue weighted by atomic mass is 9.99. The fourth-order valence-electron chi connectivity index (χ4n) is 4.56. The van der Waals surface area contributed by atoms with Gasteiger partial charge in [0.2, 0.25) is 17.7 Å². The highest BCUT2D eigenvalue weighted by atomic mass is 16.4. The summed E-state index contributed by atoms with van der Waals surface area (Å²) in [5, 5.41) is 36.4. The van der Waals surface area contributed by atoms with Crippen molar-refractivity contribution in [3.05, 3.63) is 65.9 Å². The van der Waals surface area contributed by atoms with Crippen molar-refractivity contribution in [3.8, 4) is 5.75 Å². The highest BCUT2D eigenvalue weighted by Gasteiger charge is 2.32. The minimum Gasteiger partial charge on any atom is -0.508 e. The SMILES string of the molecule is CC(C)C(NC(=O)C(N)Cc1ccc(O)cc1)C(=O)NC(Cc1c[nH]c2ccccc12)C(=O)NC(CCC(=O)O)C(=O)O. The van der Waals surface area contributed by atoms with Crippen molar-refractivity contribution in [3.63, 3.8) is 0 Å². The molecule has 0 fully saturated rings. The van der Waals surface area contributed by atoms with Gasteiger partial charge in [0.05, 0.1) is 6.04 Å². The van der Waals surface area contributed by atoms with Crippen molar-refractivity contribution in [2.75, 3.05) is 0 Å². The summed E-state index contributed by atoms with van der Waals surface area (Å²) in [6.45, 7) is 3.41. The third-order valence-corrected chi connectivity index (χ3v) is 6.97. The van der Waals surface area contributed by atoms with Gasteiger partial charge in [0.25, 0.3) is 0 Å². The van der Waals surface area contributed by atoms with Crippen LogP contribution in [0, 0.1) is 5.92 Å². The molecule has 2 aromatic carbocycles. The van der Waals surface area contributed by atoms with Crippen LogP contribution in [0.3, 0.4) is 0 Å². The number of carbonyl (C=O) groups is 5. The maximum Gasteiger partial charge on any atom is 0.326 e. The smallest absolute Gasteiger partial charge is 0.326 e. The number of aromatic amines is 1. The molecule has 0 radical (unpaired) electrons. The first-order valence-corrected chi connectivity index (χ1v) is 13.8. The largest absolute Gasteiger partial charge is 0.508 e. The van der Waals surface area contributed by atoms with Gasteiger partial charge < -0.3 is 42.0 Å². The summed E-state index contributed by atoms with van der Waals surface area (Å²) in [4.78, 5) is 65.7. The summed E-state index contributed by atoms with van der Waals surface area (Å²) in [6.07, 6.45) is 0.972. The number of benzene rings is 2. The van der Waals surface area contributed by atoms with Crippen molar-refractivity contribution < 1.29 is 39.3 Å². The zero-order valence-corrected chi connectivity index (χ0v) is 23.9. The van der Waals surface area contributed by atoms with Crippen molar-refractivity contribution >= 4 is 40.6 Å². The molecule has 0 spiro atoms. The maximum atomic E-state index is 13.5. The van der Waals surface area contributed by atoms with Gasteiger partial charge in [-0.15, -0.1) is 0 Å². The Morgan fingerprint density at radius 3 is 2.12 bits per heavy atom. The number of aliphatic carboxylic acids is 2. The first-order valence-electron chi connectivity index (χ1n) is 13.8. The van der Waals surface area contributed by atoms with Crippen molar-refractivity contribution in [2.45, 2.75) is 63.7 Å². The van der Waals surface area contributed by atoms with Crippen molar-refractivity contribution in [1.82, 2.24) is 20.9 Å². The van der Waals surface area contributed by atoms with Crippen LogP contribution in [0.15, 0.2) is 54.7 Å². The van der Waals surface area contributed by atoms with Crippen LogP contribution in [0.2, 0.25) is 0 Å². The summed E-state index contributed by atoms with van der Waals surface area (Å²) in [7, 11) is 0. The fraction of sp³-hybridized carbons (Fsp3) is 0.367. The molecule has 0 aliphatic heterocycles. The lowest BCUT2D eigenvalue weighted by Crippen LogP contribution is -2.59. The average molecular weight is 596 g/mol. The first kappa shape index (κ1) is 32.6. The molecule has 43 heavy (non-hydrogen) atoms. The van der Waals surface area contributed by atoms with Gasteiger partial charge in [0, 0.05) is 29.9 Å². The minimum absolute atomic E-state index is 0.0218. The van der Waals surface area contributed by atoms with Crippen LogP contribution in [0.5, 0.6) is 5.75 Å². The molecule has 0 saturated carbocycles. The second kappa shape index (κ2) is 14.8. The van der Waals surface area contributed by atoms with Crippen LogP contribution in [0.1, 0.15) is 37.8 Å². The Hall–Kier alpha value is -4.91. The second-order valence-electron chi connectivity index (χ2n) is 10.7. The number of fused-ring (bicyclic) bond motifs is 1. The summed E-state index contributed by atoms with van der Waals surface area (Å²) >= 11 is 0. The van der Waals surface area contributed by atoms with E-state index >= 15 is 0 Å². The van der Waals surface area contributed by atoms with E-state index in [-0.39, 0.29) is 25.0 Å². The molecular weight excluding hydrogens is 558 g/mol. The zero-order valence-electron chi connectivity index (χ0n) is 23.9. The third kappa shape index (κ3) is 9.30. The molecule has 0 saturated heterocycles. The molecule has 230 valence electrons. The molecule has 1 heterocycles. The van der Waals surface area contributed by atoms with E-state index in [1.165, 1.54) is 12.1 Å².